The van der Waals surface area contributed by atoms with Crippen molar-refractivity contribution in [1.82, 2.24) is 15.5 Å². The van der Waals surface area contributed by atoms with Gasteiger partial charge in [0.1, 0.15) is 6.04 Å². The maximum atomic E-state index is 13.6. The van der Waals surface area contributed by atoms with E-state index in [9.17, 15) is 9.59 Å². The van der Waals surface area contributed by atoms with Gasteiger partial charge in [-0.25, -0.2) is 0 Å². The van der Waals surface area contributed by atoms with Crippen molar-refractivity contribution < 1.29 is 9.59 Å². The third-order valence-corrected chi connectivity index (χ3v) is 7.83. The molecule has 1 unspecified atom stereocenters. The number of rotatable bonds is 5. The lowest BCUT2D eigenvalue weighted by Crippen LogP contribution is -2.59. The minimum absolute atomic E-state index is 0. The lowest BCUT2D eigenvalue weighted by molar-refractivity contribution is -0.150. The van der Waals surface area contributed by atoms with Gasteiger partial charge in [-0.1, -0.05) is 30.3 Å². The number of benzene rings is 1. The summed E-state index contributed by atoms with van der Waals surface area (Å²) in [6.07, 6.45) is 7.63. The zero-order chi connectivity index (χ0) is 19.8. The predicted octanol–water partition coefficient (Wildman–Crippen LogP) is 2.78. The van der Waals surface area contributed by atoms with Crippen molar-refractivity contribution in [2.24, 2.45) is 23.2 Å². The fourth-order valence-corrected chi connectivity index (χ4v) is 6.86. The summed E-state index contributed by atoms with van der Waals surface area (Å²) >= 11 is 0. The topological polar surface area (TPSA) is 61.4 Å². The molecular weight excluding hydrogens is 398 g/mol. The number of hydrogen-bond donors (Lipinski definition) is 2. The van der Waals surface area contributed by atoms with Crippen LogP contribution < -0.4 is 10.6 Å². The summed E-state index contributed by atoms with van der Waals surface area (Å²) in [5.74, 6) is 2.41. The van der Waals surface area contributed by atoms with Crippen LogP contribution in [0.5, 0.6) is 0 Å². The molecule has 1 aromatic carbocycles. The Bertz CT molecular complexity index is 728. The van der Waals surface area contributed by atoms with Crippen LogP contribution in [0, 0.1) is 23.2 Å². The number of nitrogens with zero attached hydrogens (tertiary/aromatic N) is 1. The van der Waals surface area contributed by atoms with Crippen LogP contribution in [0.15, 0.2) is 30.3 Å². The van der Waals surface area contributed by atoms with E-state index in [1.807, 2.05) is 23.1 Å². The maximum Gasteiger partial charge on any atom is 0.245 e. The highest BCUT2D eigenvalue weighted by Gasteiger charge is 2.55. The van der Waals surface area contributed by atoms with Crippen molar-refractivity contribution in [3.8, 4) is 0 Å². The quantitative estimate of drug-likeness (QED) is 0.753. The van der Waals surface area contributed by atoms with E-state index < -0.39 is 6.04 Å². The Balaban J connectivity index is 0.00000218. The molecule has 6 rings (SSSR count). The van der Waals surface area contributed by atoms with Gasteiger partial charge in [-0.15, -0.1) is 12.4 Å². The fourth-order valence-electron chi connectivity index (χ4n) is 6.86. The van der Waals surface area contributed by atoms with Gasteiger partial charge >= 0.3 is 0 Å². The van der Waals surface area contributed by atoms with Gasteiger partial charge in [-0.2, -0.15) is 0 Å². The SMILES string of the molecule is Cl.O=C(C(Cc1ccccc1)NC(=O)C12CC3CC(CC(C3)C1)C2)N1CCNCC1. The van der Waals surface area contributed by atoms with Gasteiger partial charge in [-0.3, -0.25) is 9.59 Å². The molecule has 1 aromatic rings. The van der Waals surface area contributed by atoms with Crippen molar-refractivity contribution in [3.63, 3.8) is 0 Å². The molecule has 5 aliphatic rings. The molecule has 1 heterocycles. The van der Waals surface area contributed by atoms with Crippen LogP contribution in [0.1, 0.15) is 44.1 Å². The average Bonchev–Trinajstić information content (AvgIpc) is 2.73. The molecule has 164 valence electrons. The van der Waals surface area contributed by atoms with Gasteiger partial charge in [0, 0.05) is 38.0 Å². The molecule has 6 heteroatoms. The Hall–Kier alpha value is -1.59. The summed E-state index contributed by atoms with van der Waals surface area (Å²) in [5, 5.41) is 6.58. The molecule has 1 aliphatic heterocycles. The Labute approximate surface area is 185 Å². The third-order valence-electron chi connectivity index (χ3n) is 7.83. The van der Waals surface area contributed by atoms with E-state index in [1.54, 1.807) is 0 Å². The molecule has 0 radical (unpaired) electrons. The minimum atomic E-state index is -0.462. The second-order valence-corrected chi connectivity index (χ2v) is 9.99. The molecule has 2 N–H and O–H groups in total. The van der Waals surface area contributed by atoms with Gasteiger partial charge in [0.05, 0.1) is 0 Å². The van der Waals surface area contributed by atoms with Crippen LogP contribution in [0.2, 0.25) is 0 Å². The van der Waals surface area contributed by atoms with Crippen LogP contribution >= 0.6 is 12.4 Å². The van der Waals surface area contributed by atoms with Gasteiger partial charge in [-0.05, 0) is 61.8 Å². The van der Waals surface area contributed by atoms with Crippen LogP contribution in [0.3, 0.4) is 0 Å². The summed E-state index contributed by atoms with van der Waals surface area (Å²) in [6, 6.07) is 9.63. The highest BCUT2D eigenvalue weighted by molar-refractivity contribution is 5.90. The summed E-state index contributed by atoms with van der Waals surface area (Å²) in [6.45, 7) is 3.09. The van der Waals surface area contributed by atoms with Crippen molar-refractivity contribution in [2.45, 2.75) is 51.0 Å². The number of carbonyl (C=O) groups is 2. The van der Waals surface area contributed by atoms with E-state index in [0.717, 1.165) is 68.8 Å². The zero-order valence-electron chi connectivity index (χ0n) is 17.6. The smallest absolute Gasteiger partial charge is 0.245 e. The summed E-state index contributed by atoms with van der Waals surface area (Å²) in [7, 11) is 0. The standard InChI is InChI=1S/C24H33N3O2.ClH/c28-22(27-8-6-25-7-9-27)21(13-17-4-2-1-3-5-17)26-23(29)24-14-18-10-19(15-24)12-20(11-18)16-24;/h1-5,18-21,25H,6-16H2,(H,26,29);1H. The fraction of sp³-hybridized carbons (Fsp3) is 0.667. The Morgan fingerprint density at radius 1 is 1.00 bits per heavy atom. The van der Waals surface area contributed by atoms with Crippen molar-refractivity contribution in [2.75, 3.05) is 26.2 Å². The lowest BCUT2D eigenvalue weighted by atomic mass is 9.49. The van der Waals surface area contributed by atoms with E-state index in [4.69, 9.17) is 0 Å². The largest absolute Gasteiger partial charge is 0.343 e. The van der Waals surface area contributed by atoms with E-state index in [0.29, 0.717) is 6.42 Å². The average molecular weight is 432 g/mol. The van der Waals surface area contributed by atoms with Gasteiger partial charge in [0.25, 0.3) is 0 Å². The van der Waals surface area contributed by atoms with E-state index in [-0.39, 0.29) is 29.6 Å². The molecule has 4 bridgehead atoms. The highest BCUT2D eigenvalue weighted by atomic mass is 35.5. The monoisotopic (exact) mass is 431 g/mol. The second kappa shape index (κ2) is 8.88. The first kappa shape index (κ1) is 21.6. The molecule has 4 saturated carbocycles. The molecule has 0 aromatic heterocycles. The predicted molar refractivity (Wildman–Crippen MR) is 119 cm³/mol. The Morgan fingerprint density at radius 3 is 2.13 bits per heavy atom. The van der Waals surface area contributed by atoms with E-state index in [2.05, 4.69) is 22.8 Å². The second-order valence-electron chi connectivity index (χ2n) is 9.99. The molecular formula is C24H34ClN3O2. The molecule has 0 spiro atoms. The number of halogens is 1. The summed E-state index contributed by atoms with van der Waals surface area (Å²) < 4.78 is 0. The Morgan fingerprint density at radius 2 is 1.57 bits per heavy atom. The van der Waals surface area contributed by atoms with Crippen molar-refractivity contribution in [3.05, 3.63) is 35.9 Å². The minimum Gasteiger partial charge on any atom is -0.343 e. The lowest BCUT2D eigenvalue weighted by Gasteiger charge is -2.55. The van der Waals surface area contributed by atoms with E-state index >= 15 is 0 Å². The van der Waals surface area contributed by atoms with Gasteiger partial charge in [0.2, 0.25) is 11.8 Å². The van der Waals surface area contributed by atoms with Crippen molar-refractivity contribution >= 4 is 24.2 Å². The number of amides is 2. The first-order chi connectivity index (χ1) is 14.1. The summed E-state index contributed by atoms with van der Waals surface area (Å²) in [5.41, 5.74) is 0.889. The normalized spacial score (nSPS) is 32.9. The summed E-state index contributed by atoms with van der Waals surface area (Å²) in [4.78, 5) is 28.9. The molecule has 1 atom stereocenters. The molecule has 1 saturated heterocycles. The first-order valence-electron chi connectivity index (χ1n) is 11.5. The Kier molecular flexibility index (Phi) is 6.40. The first-order valence-corrected chi connectivity index (χ1v) is 11.5. The van der Waals surface area contributed by atoms with Gasteiger partial charge in [0.15, 0.2) is 0 Å². The third kappa shape index (κ3) is 4.24. The molecule has 5 nitrogen and oxygen atoms in total. The molecule has 2 amide bonds. The van der Waals surface area contributed by atoms with Crippen LogP contribution in [-0.2, 0) is 16.0 Å². The van der Waals surface area contributed by atoms with Crippen LogP contribution in [0.25, 0.3) is 0 Å². The number of carbonyl (C=O) groups excluding carboxylic acids is 2. The number of nitrogens with one attached hydrogen (secondary N) is 2. The molecule has 4 aliphatic carbocycles. The maximum absolute atomic E-state index is 13.6. The van der Waals surface area contributed by atoms with E-state index in [1.165, 1.54) is 19.3 Å². The van der Waals surface area contributed by atoms with Gasteiger partial charge < -0.3 is 15.5 Å². The zero-order valence-corrected chi connectivity index (χ0v) is 18.5. The number of piperazine rings is 1. The highest BCUT2D eigenvalue weighted by Crippen LogP contribution is 2.60. The van der Waals surface area contributed by atoms with Crippen molar-refractivity contribution in [1.29, 1.82) is 0 Å². The molecule has 5 fully saturated rings. The molecule has 30 heavy (non-hydrogen) atoms. The van der Waals surface area contributed by atoms with Crippen LogP contribution in [0.4, 0.5) is 0 Å². The van der Waals surface area contributed by atoms with Crippen LogP contribution in [-0.4, -0.2) is 48.9 Å². The number of hydrogen-bond acceptors (Lipinski definition) is 3.